The minimum atomic E-state index is -3.51. The number of hydrogen-bond acceptors (Lipinski definition) is 4. The minimum absolute atomic E-state index is 0.0557. The lowest BCUT2D eigenvalue weighted by atomic mass is 10.1. The SMILES string of the molecule is CS(=O)(=O)c1nc2ccccc2n1Cc1cn(-c2ccccc2)nc1-c1ccccc1. The van der Waals surface area contributed by atoms with Gasteiger partial charge in [-0.2, -0.15) is 5.10 Å². The van der Waals surface area contributed by atoms with Gasteiger partial charge in [-0.05, 0) is 24.3 Å². The molecule has 0 aliphatic heterocycles. The number of para-hydroxylation sites is 3. The fraction of sp³-hybridized carbons (Fsp3) is 0.0833. The molecule has 0 amide bonds. The summed E-state index contributed by atoms with van der Waals surface area (Å²) < 4.78 is 28.6. The maximum atomic E-state index is 12.5. The molecular formula is C24H20N4O2S. The number of nitrogens with zero attached hydrogens (tertiary/aromatic N) is 4. The van der Waals surface area contributed by atoms with Crippen molar-refractivity contribution in [1.29, 1.82) is 0 Å². The quantitative estimate of drug-likeness (QED) is 0.418. The Labute approximate surface area is 180 Å². The first kappa shape index (κ1) is 19.3. The van der Waals surface area contributed by atoms with Crippen molar-refractivity contribution >= 4 is 20.9 Å². The van der Waals surface area contributed by atoms with Crippen molar-refractivity contribution in [3.05, 3.63) is 96.7 Å². The van der Waals surface area contributed by atoms with Gasteiger partial charge >= 0.3 is 0 Å². The van der Waals surface area contributed by atoms with Crippen molar-refractivity contribution in [3.8, 4) is 16.9 Å². The minimum Gasteiger partial charge on any atom is -0.310 e. The molecular weight excluding hydrogens is 408 g/mol. The Morgan fingerprint density at radius 2 is 1.48 bits per heavy atom. The average molecular weight is 429 g/mol. The zero-order valence-electron chi connectivity index (χ0n) is 16.9. The molecule has 5 aromatic rings. The van der Waals surface area contributed by atoms with E-state index in [1.54, 1.807) is 4.57 Å². The lowest BCUT2D eigenvalue weighted by molar-refractivity contribution is 0.581. The fourth-order valence-electron chi connectivity index (χ4n) is 3.74. The molecule has 0 spiro atoms. The van der Waals surface area contributed by atoms with Crippen LogP contribution in [0.4, 0.5) is 0 Å². The van der Waals surface area contributed by atoms with Crippen LogP contribution in [-0.2, 0) is 16.4 Å². The predicted octanol–water partition coefficient (Wildman–Crippen LogP) is 4.34. The molecule has 0 saturated carbocycles. The summed E-state index contributed by atoms with van der Waals surface area (Å²) in [6.07, 6.45) is 3.15. The first-order valence-electron chi connectivity index (χ1n) is 9.85. The summed E-state index contributed by atoms with van der Waals surface area (Å²) in [7, 11) is -3.51. The molecule has 0 bridgehead atoms. The van der Waals surface area contributed by atoms with Crippen LogP contribution < -0.4 is 0 Å². The van der Waals surface area contributed by atoms with Crippen LogP contribution in [0.25, 0.3) is 28.0 Å². The Balaban J connectivity index is 1.70. The van der Waals surface area contributed by atoms with E-state index >= 15 is 0 Å². The van der Waals surface area contributed by atoms with Crippen LogP contribution in [0, 0.1) is 0 Å². The van der Waals surface area contributed by atoms with E-state index in [0.29, 0.717) is 12.1 Å². The highest BCUT2D eigenvalue weighted by molar-refractivity contribution is 7.90. The number of sulfone groups is 1. The summed E-state index contributed by atoms with van der Waals surface area (Å²) in [6, 6.07) is 27.2. The van der Waals surface area contributed by atoms with Crippen LogP contribution in [0.5, 0.6) is 0 Å². The fourth-order valence-corrected chi connectivity index (χ4v) is 4.56. The van der Waals surface area contributed by atoms with Crippen LogP contribution in [0.3, 0.4) is 0 Å². The molecule has 154 valence electrons. The Morgan fingerprint density at radius 3 is 2.19 bits per heavy atom. The molecule has 2 aromatic heterocycles. The van der Waals surface area contributed by atoms with E-state index in [9.17, 15) is 8.42 Å². The van der Waals surface area contributed by atoms with Crippen molar-refractivity contribution in [3.63, 3.8) is 0 Å². The highest BCUT2D eigenvalue weighted by Crippen LogP contribution is 2.27. The zero-order chi connectivity index (χ0) is 21.4. The van der Waals surface area contributed by atoms with E-state index < -0.39 is 9.84 Å². The molecule has 0 aliphatic carbocycles. The number of hydrogen-bond donors (Lipinski definition) is 0. The third kappa shape index (κ3) is 3.64. The Bertz CT molecular complexity index is 1470. The summed E-state index contributed by atoms with van der Waals surface area (Å²) in [4.78, 5) is 4.40. The molecule has 2 heterocycles. The van der Waals surface area contributed by atoms with Crippen molar-refractivity contribution in [2.24, 2.45) is 0 Å². The van der Waals surface area contributed by atoms with Gasteiger partial charge in [0.2, 0.25) is 15.0 Å². The number of aromatic nitrogens is 4. The van der Waals surface area contributed by atoms with Crippen molar-refractivity contribution in [2.75, 3.05) is 6.26 Å². The highest BCUT2D eigenvalue weighted by Gasteiger charge is 2.21. The molecule has 31 heavy (non-hydrogen) atoms. The molecule has 3 aromatic carbocycles. The van der Waals surface area contributed by atoms with Crippen LogP contribution in [0.2, 0.25) is 0 Å². The third-order valence-electron chi connectivity index (χ3n) is 5.14. The molecule has 5 rings (SSSR count). The van der Waals surface area contributed by atoms with Crippen LogP contribution in [0.15, 0.2) is 96.3 Å². The normalized spacial score (nSPS) is 11.8. The number of imidazole rings is 1. The smallest absolute Gasteiger partial charge is 0.228 e. The number of rotatable bonds is 5. The van der Waals surface area contributed by atoms with Gasteiger partial charge in [0, 0.05) is 23.6 Å². The van der Waals surface area contributed by atoms with Crippen molar-refractivity contribution in [2.45, 2.75) is 11.7 Å². The van der Waals surface area contributed by atoms with Crippen LogP contribution >= 0.6 is 0 Å². The first-order chi connectivity index (χ1) is 15.0. The van der Waals surface area contributed by atoms with Crippen LogP contribution in [-0.4, -0.2) is 34.0 Å². The molecule has 0 N–H and O–H groups in total. The van der Waals surface area contributed by atoms with Crippen molar-refractivity contribution in [1.82, 2.24) is 19.3 Å². The molecule has 0 unspecified atom stereocenters. The zero-order valence-corrected chi connectivity index (χ0v) is 17.7. The van der Waals surface area contributed by atoms with Gasteiger partial charge in [-0.1, -0.05) is 60.7 Å². The summed E-state index contributed by atoms with van der Waals surface area (Å²) in [5.41, 5.74) is 5.04. The van der Waals surface area contributed by atoms with Gasteiger partial charge in [0.05, 0.1) is 29.0 Å². The summed E-state index contributed by atoms with van der Waals surface area (Å²) in [5, 5.41) is 4.89. The van der Waals surface area contributed by atoms with Crippen molar-refractivity contribution < 1.29 is 8.42 Å². The second kappa shape index (κ2) is 7.52. The van der Waals surface area contributed by atoms with E-state index in [2.05, 4.69) is 4.98 Å². The van der Waals surface area contributed by atoms with Gasteiger partial charge in [0.15, 0.2) is 0 Å². The Hall–Kier alpha value is -3.71. The molecule has 0 aliphatic rings. The van der Waals surface area contributed by atoms with Crippen LogP contribution in [0.1, 0.15) is 5.56 Å². The summed E-state index contributed by atoms with van der Waals surface area (Å²) >= 11 is 0. The maximum absolute atomic E-state index is 12.5. The van der Waals surface area contributed by atoms with Gasteiger partial charge < -0.3 is 4.57 Å². The highest BCUT2D eigenvalue weighted by atomic mass is 32.2. The number of fused-ring (bicyclic) bond motifs is 1. The second-order valence-electron chi connectivity index (χ2n) is 7.39. The standard InChI is InChI=1S/C24H20N4O2S/c1-31(29,30)24-25-21-14-8-9-15-22(21)27(24)16-19-17-28(20-12-6-3-7-13-20)26-23(19)18-10-4-2-5-11-18/h2-15,17H,16H2,1H3. The van der Waals surface area contributed by atoms with Gasteiger partial charge in [-0.3, -0.25) is 0 Å². The van der Waals surface area contributed by atoms with Gasteiger partial charge in [-0.15, -0.1) is 0 Å². The van der Waals surface area contributed by atoms with Gasteiger partial charge in [-0.25, -0.2) is 18.1 Å². The monoisotopic (exact) mass is 428 g/mol. The molecule has 0 atom stereocenters. The summed E-state index contributed by atoms with van der Waals surface area (Å²) in [6.45, 7) is 0.333. The Morgan fingerprint density at radius 1 is 0.839 bits per heavy atom. The Kier molecular flexibility index (Phi) is 4.67. The molecule has 0 saturated heterocycles. The van der Waals surface area contributed by atoms with Gasteiger partial charge in [0.1, 0.15) is 0 Å². The maximum Gasteiger partial charge on any atom is 0.228 e. The van der Waals surface area contributed by atoms with E-state index in [0.717, 1.165) is 28.0 Å². The molecule has 7 heteroatoms. The lowest BCUT2D eigenvalue weighted by Gasteiger charge is -2.08. The largest absolute Gasteiger partial charge is 0.310 e. The number of benzene rings is 3. The van der Waals surface area contributed by atoms with E-state index in [-0.39, 0.29) is 5.16 Å². The lowest BCUT2D eigenvalue weighted by Crippen LogP contribution is -2.10. The van der Waals surface area contributed by atoms with E-state index in [4.69, 9.17) is 5.10 Å². The predicted molar refractivity (Wildman–Crippen MR) is 121 cm³/mol. The van der Waals surface area contributed by atoms with E-state index in [1.807, 2.05) is 95.8 Å². The molecule has 6 nitrogen and oxygen atoms in total. The average Bonchev–Trinajstić information content (AvgIpc) is 3.37. The first-order valence-corrected chi connectivity index (χ1v) is 11.7. The van der Waals surface area contributed by atoms with E-state index in [1.165, 1.54) is 6.26 Å². The van der Waals surface area contributed by atoms with Gasteiger partial charge in [0.25, 0.3) is 0 Å². The summed E-state index contributed by atoms with van der Waals surface area (Å²) in [5.74, 6) is 0. The molecule has 0 fully saturated rings. The molecule has 0 radical (unpaired) electrons. The topological polar surface area (TPSA) is 69.8 Å². The third-order valence-corrected chi connectivity index (χ3v) is 6.11. The second-order valence-corrected chi connectivity index (χ2v) is 9.30.